The summed E-state index contributed by atoms with van der Waals surface area (Å²) in [6.45, 7) is 0.438. The third-order valence-corrected chi connectivity index (χ3v) is 6.55. The molecule has 0 bridgehead atoms. The van der Waals surface area contributed by atoms with Crippen molar-refractivity contribution < 1.29 is 19.1 Å². The van der Waals surface area contributed by atoms with E-state index in [-0.39, 0.29) is 18.2 Å². The van der Waals surface area contributed by atoms with Crippen molar-refractivity contribution in [3.8, 4) is 0 Å². The number of thioether (sulfide) groups is 1. The Morgan fingerprint density at radius 2 is 1.81 bits per heavy atom. The van der Waals surface area contributed by atoms with Crippen LogP contribution in [0.15, 0.2) is 65.6 Å². The van der Waals surface area contributed by atoms with Gasteiger partial charge in [-0.2, -0.15) is 0 Å². The van der Waals surface area contributed by atoms with Gasteiger partial charge < -0.3 is 14.4 Å². The molecule has 0 N–H and O–H groups in total. The van der Waals surface area contributed by atoms with Gasteiger partial charge in [-0.05, 0) is 30.5 Å². The molecule has 1 amide bonds. The van der Waals surface area contributed by atoms with Gasteiger partial charge in [-0.25, -0.2) is 4.79 Å². The number of amides is 1. The van der Waals surface area contributed by atoms with E-state index in [4.69, 9.17) is 9.47 Å². The average molecular weight is 383 g/mol. The molecule has 27 heavy (non-hydrogen) atoms. The Labute approximate surface area is 162 Å². The Morgan fingerprint density at radius 1 is 1.15 bits per heavy atom. The second kappa shape index (κ2) is 7.37. The third kappa shape index (κ3) is 3.13. The van der Waals surface area contributed by atoms with E-state index in [1.165, 1.54) is 18.9 Å². The highest BCUT2D eigenvalue weighted by atomic mass is 32.2. The Hall–Kier alpha value is -2.31. The van der Waals surface area contributed by atoms with Crippen LogP contribution >= 0.6 is 11.8 Å². The van der Waals surface area contributed by atoms with Crippen LogP contribution in [-0.2, 0) is 19.1 Å². The van der Waals surface area contributed by atoms with E-state index < -0.39 is 10.7 Å². The lowest BCUT2D eigenvalue weighted by atomic mass is 9.93. The summed E-state index contributed by atoms with van der Waals surface area (Å²) < 4.78 is 9.69. The molecule has 3 atom stereocenters. The molecule has 4 rings (SSSR count). The van der Waals surface area contributed by atoms with Crippen LogP contribution in [0, 0.1) is 0 Å². The minimum atomic E-state index is -1.28. The summed E-state index contributed by atoms with van der Waals surface area (Å²) in [4.78, 5) is 29.1. The Bertz CT molecular complexity index is 829. The Morgan fingerprint density at radius 3 is 2.48 bits per heavy atom. The molecule has 0 aromatic heterocycles. The van der Waals surface area contributed by atoms with Crippen LogP contribution in [0.2, 0.25) is 0 Å². The second-order valence-corrected chi connectivity index (χ2v) is 8.07. The van der Waals surface area contributed by atoms with Gasteiger partial charge in [0.15, 0.2) is 4.75 Å². The molecule has 140 valence electrons. The molecule has 2 fully saturated rings. The summed E-state index contributed by atoms with van der Waals surface area (Å²) in [5.74, 6) is -0.732. The number of methoxy groups -OCH3 is 1. The number of nitrogens with zero attached hydrogens (tertiary/aromatic N) is 1. The molecule has 2 aromatic carbocycles. The lowest BCUT2D eigenvalue weighted by Crippen LogP contribution is -2.58. The van der Waals surface area contributed by atoms with Gasteiger partial charge in [0, 0.05) is 4.90 Å². The zero-order chi connectivity index (χ0) is 18.9. The third-order valence-electron chi connectivity index (χ3n) is 5.15. The van der Waals surface area contributed by atoms with Gasteiger partial charge in [-0.1, -0.05) is 60.3 Å². The quantitative estimate of drug-likeness (QED) is 0.598. The van der Waals surface area contributed by atoms with Crippen LogP contribution in [0.25, 0.3) is 0 Å². The highest BCUT2D eigenvalue weighted by Gasteiger charge is 2.58. The van der Waals surface area contributed by atoms with Crippen molar-refractivity contribution in [2.75, 3.05) is 13.7 Å². The van der Waals surface area contributed by atoms with Crippen molar-refractivity contribution in [3.05, 3.63) is 66.2 Å². The molecule has 6 heteroatoms. The maximum Gasteiger partial charge on any atom is 0.332 e. The van der Waals surface area contributed by atoms with Crippen molar-refractivity contribution in [3.63, 3.8) is 0 Å². The molecule has 2 aromatic rings. The average Bonchev–Trinajstić information content (AvgIpc) is 3.16. The number of hydrogen-bond donors (Lipinski definition) is 0. The van der Waals surface area contributed by atoms with E-state index in [9.17, 15) is 9.59 Å². The van der Waals surface area contributed by atoms with Gasteiger partial charge in [0.1, 0.15) is 6.23 Å². The number of esters is 1. The minimum absolute atomic E-state index is 0.190. The first-order valence-electron chi connectivity index (χ1n) is 8.97. The fourth-order valence-corrected chi connectivity index (χ4v) is 5.09. The van der Waals surface area contributed by atoms with Crippen molar-refractivity contribution >= 4 is 23.6 Å². The lowest BCUT2D eigenvalue weighted by Gasteiger charge is -2.42. The molecule has 2 heterocycles. The van der Waals surface area contributed by atoms with Gasteiger partial charge >= 0.3 is 5.97 Å². The first-order chi connectivity index (χ1) is 13.2. The molecule has 0 spiro atoms. The number of piperidine rings is 1. The van der Waals surface area contributed by atoms with Gasteiger partial charge in [0.2, 0.25) is 0 Å². The maximum atomic E-state index is 13.6. The minimum Gasteiger partial charge on any atom is -0.468 e. The number of fused-ring (bicyclic) bond motifs is 1. The van der Waals surface area contributed by atoms with Crippen LogP contribution < -0.4 is 0 Å². The van der Waals surface area contributed by atoms with E-state index in [0.29, 0.717) is 19.4 Å². The highest BCUT2D eigenvalue weighted by Crippen LogP contribution is 2.47. The molecule has 0 saturated carbocycles. The Balaban J connectivity index is 1.71. The van der Waals surface area contributed by atoms with E-state index in [1.807, 2.05) is 60.7 Å². The molecule has 0 radical (unpaired) electrons. The summed E-state index contributed by atoms with van der Waals surface area (Å²) in [7, 11) is 1.34. The van der Waals surface area contributed by atoms with Crippen LogP contribution in [0.1, 0.15) is 24.4 Å². The number of rotatable bonds is 4. The van der Waals surface area contributed by atoms with Crippen molar-refractivity contribution in [2.24, 2.45) is 0 Å². The van der Waals surface area contributed by atoms with Gasteiger partial charge in [-0.15, -0.1) is 0 Å². The van der Waals surface area contributed by atoms with Gasteiger partial charge in [0.25, 0.3) is 5.91 Å². The number of ether oxygens (including phenoxy) is 2. The molecular formula is C21H21NO4S. The fraction of sp³-hybridized carbons (Fsp3) is 0.333. The number of carbonyl (C=O) groups is 2. The maximum absolute atomic E-state index is 13.6. The monoisotopic (exact) mass is 383 g/mol. The van der Waals surface area contributed by atoms with Crippen LogP contribution in [0.3, 0.4) is 0 Å². The summed E-state index contributed by atoms with van der Waals surface area (Å²) in [5.41, 5.74) is 1.01. The largest absolute Gasteiger partial charge is 0.468 e. The van der Waals surface area contributed by atoms with Gasteiger partial charge in [-0.3, -0.25) is 4.79 Å². The van der Waals surface area contributed by atoms with E-state index >= 15 is 0 Å². The molecule has 2 aliphatic heterocycles. The van der Waals surface area contributed by atoms with E-state index in [2.05, 4.69) is 0 Å². The number of hydrogen-bond acceptors (Lipinski definition) is 5. The Kier molecular flexibility index (Phi) is 4.93. The van der Waals surface area contributed by atoms with Crippen LogP contribution in [0.4, 0.5) is 0 Å². The van der Waals surface area contributed by atoms with E-state index in [1.54, 1.807) is 4.90 Å². The molecular weight excluding hydrogens is 362 g/mol. The lowest BCUT2D eigenvalue weighted by molar-refractivity contribution is -0.158. The smallest absolute Gasteiger partial charge is 0.332 e. The summed E-state index contributed by atoms with van der Waals surface area (Å²) in [5, 5.41) is 0. The first-order valence-corrected chi connectivity index (χ1v) is 9.79. The molecule has 5 nitrogen and oxygen atoms in total. The first kappa shape index (κ1) is 18.1. The van der Waals surface area contributed by atoms with Crippen molar-refractivity contribution in [1.82, 2.24) is 4.90 Å². The zero-order valence-electron chi connectivity index (χ0n) is 15.0. The van der Waals surface area contributed by atoms with Crippen molar-refractivity contribution in [1.29, 1.82) is 0 Å². The van der Waals surface area contributed by atoms with Crippen molar-refractivity contribution in [2.45, 2.75) is 34.8 Å². The molecule has 1 unspecified atom stereocenters. The van der Waals surface area contributed by atoms with E-state index in [0.717, 1.165) is 10.5 Å². The van der Waals surface area contributed by atoms with Crippen LogP contribution in [-0.4, -0.2) is 41.5 Å². The summed E-state index contributed by atoms with van der Waals surface area (Å²) >= 11 is 1.28. The zero-order valence-corrected chi connectivity index (χ0v) is 15.9. The molecule has 2 saturated heterocycles. The summed E-state index contributed by atoms with van der Waals surface area (Å²) in [6, 6.07) is 19.1. The molecule has 0 aliphatic carbocycles. The normalized spacial score (nSPS) is 27.3. The number of benzene rings is 2. The van der Waals surface area contributed by atoms with Crippen LogP contribution in [0.5, 0.6) is 0 Å². The topological polar surface area (TPSA) is 55.8 Å². The predicted molar refractivity (Wildman–Crippen MR) is 102 cm³/mol. The highest BCUT2D eigenvalue weighted by molar-refractivity contribution is 8.02. The SMILES string of the molecule is COC(=O)C1(Sc2ccccc2)CC[C@H]2OC[C@@H](c3ccccc3)N2C1=O. The molecule has 2 aliphatic rings. The fourth-order valence-electron chi connectivity index (χ4n) is 3.81. The summed E-state index contributed by atoms with van der Waals surface area (Å²) in [6.07, 6.45) is 0.696. The number of carbonyl (C=O) groups excluding carboxylic acids is 2. The van der Waals surface area contributed by atoms with Gasteiger partial charge in [0.05, 0.1) is 19.8 Å². The predicted octanol–water partition coefficient (Wildman–Crippen LogP) is 3.41. The second-order valence-electron chi connectivity index (χ2n) is 6.70. The standard InChI is InChI=1S/C21H21NO4S/c1-25-20(24)21(27-16-10-6-3-7-11-16)13-12-18-22(19(21)23)17(14-26-18)15-8-4-2-5-9-15/h2-11,17-18H,12-14H2,1H3/t17-,18+,21?/m0/s1.